The molecule has 1 aromatic heterocycles. The molecule has 0 bridgehead atoms. The van der Waals surface area contributed by atoms with Crippen molar-refractivity contribution in [3.63, 3.8) is 0 Å². The highest BCUT2D eigenvalue weighted by Gasteiger charge is 2.55. The number of rotatable bonds is 3. The van der Waals surface area contributed by atoms with Crippen molar-refractivity contribution in [3.05, 3.63) is 41.4 Å². The molecule has 8 nitrogen and oxygen atoms in total. The Morgan fingerprint density at radius 2 is 2.02 bits per heavy atom. The Hall–Kier alpha value is -2.62. The number of aliphatic hydroxyl groups is 1. The number of carbonyl (C=O) groups excluding carboxylic acids is 3. The quantitative estimate of drug-likeness (QED) is 0.305. The fourth-order valence-corrected chi connectivity index (χ4v) is 7.41. The number of hydrogen-bond donors (Lipinski definition) is 2. The Balaban J connectivity index is 1.47. The second-order valence-corrected chi connectivity index (χ2v) is 13.6. The molecule has 0 saturated carbocycles. The number of hydrogen-bond acceptors (Lipinski definition) is 8. The van der Waals surface area contributed by atoms with E-state index >= 15 is 0 Å². The minimum atomic E-state index is -1.22. The third kappa shape index (κ3) is 5.60. The number of aromatic nitrogens is 1. The number of amides is 1. The van der Waals surface area contributed by atoms with E-state index in [2.05, 4.69) is 23.8 Å². The summed E-state index contributed by atoms with van der Waals surface area (Å²) < 4.78 is 12.9. The SMILES string of the molecule is C=CC[C@H]1C(=O)[C@]2(C)CC(=O)O[C@@H]2CC(=O)N[C@H](c2ccc3sc(C)nc3c2)C[C@@H]2O[C@]2(C)CCC[C@H](C)[C@@H]1O. The number of benzene rings is 1. The number of esters is 1. The van der Waals surface area contributed by atoms with Gasteiger partial charge in [-0.3, -0.25) is 14.4 Å². The Bertz CT molecular complexity index is 1320. The lowest BCUT2D eigenvalue weighted by Crippen LogP contribution is -2.47. The lowest BCUT2D eigenvalue weighted by atomic mass is 9.69. The number of thiazole rings is 1. The Kier molecular flexibility index (Phi) is 7.94. The predicted molar refractivity (Wildman–Crippen MR) is 153 cm³/mol. The third-order valence-electron chi connectivity index (χ3n) is 9.26. The molecule has 0 unspecified atom stereocenters. The van der Waals surface area contributed by atoms with Crippen molar-refractivity contribution in [2.45, 2.75) is 103 Å². The molecule has 0 radical (unpaired) electrons. The first-order valence-electron chi connectivity index (χ1n) is 14.3. The molecular weight excluding hydrogens is 528 g/mol. The topological polar surface area (TPSA) is 118 Å². The normalized spacial score (nSPS) is 37.4. The van der Waals surface area contributed by atoms with Crippen LogP contribution in [0.25, 0.3) is 10.2 Å². The van der Waals surface area contributed by atoms with Crippen LogP contribution in [0.2, 0.25) is 0 Å². The van der Waals surface area contributed by atoms with E-state index in [0.29, 0.717) is 6.42 Å². The molecule has 3 aliphatic heterocycles. The molecule has 216 valence electrons. The summed E-state index contributed by atoms with van der Waals surface area (Å²) in [6.45, 7) is 11.5. The summed E-state index contributed by atoms with van der Waals surface area (Å²) in [6, 6.07) is 5.75. The molecule has 0 aliphatic carbocycles. The van der Waals surface area contributed by atoms with Gasteiger partial charge in [-0.25, -0.2) is 4.98 Å². The number of ketones is 1. The highest BCUT2D eigenvalue weighted by atomic mass is 32.1. The number of epoxide rings is 1. The molecule has 3 aliphatic rings. The summed E-state index contributed by atoms with van der Waals surface area (Å²) in [5.74, 6) is -1.92. The molecular formula is C31H40N2O6S. The average molecular weight is 569 g/mol. The number of fused-ring (bicyclic) bond motifs is 3. The van der Waals surface area contributed by atoms with Crippen LogP contribution in [0.3, 0.4) is 0 Å². The molecule has 0 spiro atoms. The van der Waals surface area contributed by atoms with E-state index in [0.717, 1.165) is 40.1 Å². The maximum atomic E-state index is 14.0. The maximum absolute atomic E-state index is 14.0. The zero-order valence-corrected chi connectivity index (χ0v) is 24.6. The number of aliphatic hydroxyl groups excluding tert-OH is 1. The van der Waals surface area contributed by atoms with Crippen LogP contribution in [0, 0.1) is 24.2 Å². The van der Waals surface area contributed by atoms with Gasteiger partial charge in [0.1, 0.15) is 11.9 Å². The zero-order chi connectivity index (χ0) is 28.8. The number of aryl methyl sites for hydroxylation is 1. The van der Waals surface area contributed by atoms with Gasteiger partial charge in [-0.05, 0) is 63.6 Å². The van der Waals surface area contributed by atoms with Gasteiger partial charge in [0, 0.05) is 12.3 Å². The number of ether oxygens (including phenoxy) is 2. The zero-order valence-electron chi connectivity index (χ0n) is 23.8. The van der Waals surface area contributed by atoms with E-state index in [1.807, 2.05) is 32.0 Å². The van der Waals surface area contributed by atoms with Crippen LogP contribution in [0.1, 0.15) is 82.3 Å². The van der Waals surface area contributed by atoms with Crippen molar-refractivity contribution in [2.24, 2.45) is 17.3 Å². The van der Waals surface area contributed by atoms with E-state index in [1.54, 1.807) is 24.3 Å². The van der Waals surface area contributed by atoms with Gasteiger partial charge >= 0.3 is 5.97 Å². The molecule has 5 rings (SSSR count). The first-order valence-corrected chi connectivity index (χ1v) is 15.1. The van der Waals surface area contributed by atoms with Crippen LogP contribution >= 0.6 is 11.3 Å². The van der Waals surface area contributed by atoms with E-state index < -0.39 is 29.5 Å². The minimum absolute atomic E-state index is 0.0246. The third-order valence-corrected chi connectivity index (χ3v) is 10.2. The van der Waals surface area contributed by atoms with Gasteiger partial charge in [0.25, 0.3) is 0 Å². The van der Waals surface area contributed by atoms with Gasteiger partial charge in [-0.1, -0.05) is 25.5 Å². The highest BCUT2D eigenvalue weighted by Crippen LogP contribution is 2.47. The van der Waals surface area contributed by atoms with Crippen molar-refractivity contribution in [1.82, 2.24) is 10.3 Å². The Morgan fingerprint density at radius 3 is 2.77 bits per heavy atom. The standard InChI is InChI=1S/C31H40N2O6S/c1-6-8-20-28(36)17(2)9-7-12-31(5)25(39-31)14-21(19-10-11-23-22(13-19)32-18(3)40-23)33-26(34)15-24-30(4,29(20)37)16-27(35)38-24/h6,10-11,13,17,20-21,24-25,28,36H,1,7-9,12,14-16H2,2-5H3,(H,33,34)/t17-,20+,21-,24+,25-,28-,30+,31+/m0/s1. The molecule has 8 atom stereocenters. The predicted octanol–water partition coefficient (Wildman–Crippen LogP) is 4.96. The molecule has 3 saturated heterocycles. The average Bonchev–Trinajstić information content (AvgIpc) is 3.20. The molecule has 4 heterocycles. The van der Waals surface area contributed by atoms with Gasteiger partial charge in [0.15, 0.2) is 0 Å². The molecule has 1 amide bonds. The lowest BCUT2D eigenvalue weighted by molar-refractivity contribution is -0.145. The number of Topliss-reactive ketones (excluding diaryl/α,β-unsaturated/α-hetero) is 1. The molecule has 2 aromatic rings. The summed E-state index contributed by atoms with van der Waals surface area (Å²) in [7, 11) is 0. The molecule has 40 heavy (non-hydrogen) atoms. The largest absolute Gasteiger partial charge is 0.461 e. The summed E-state index contributed by atoms with van der Waals surface area (Å²) >= 11 is 1.63. The fourth-order valence-electron chi connectivity index (χ4n) is 6.60. The fraction of sp³-hybridized carbons (Fsp3) is 0.613. The smallest absolute Gasteiger partial charge is 0.307 e. The van der Waals surface area contributed by atoms with Crippen molar-refractivity contribution in [3.8, 4) is 0 Å². The van der Waals surface area contributed by atoms with Gasteiger partial charge in [0.05, 0.1) is 57.3 Å². The number of allylic oxidation sites excluding steroid dienone is 1. The molecule has 9 heteroatoms. The summed E-state index contributed by atoms with van der Waals surface area (Å²) in [4.78, 5) is 44.6. The first-order chi connectivity index (χ1) is 18.9. The van der Waals surface area contributed by atoms with Crippen LogP contribution in [-0.2, 0) is 23.9 Å². The van der Waals surface area contributed by atoms with Crippen LogP contribution in [0.5, 0.6) is 0 Å². The van der Waals surface area contributed by atoms with E-state index in [-0.39, 0.29) is 54.6 Å². The monoisotopic (exact) mass is 568 g/mol. The van der Waals surface area contributed by atoms with Gasteiger partial charge in [0.2, 0.25) is 5.91 Å². The van der Waals surface area contributed by atoms with E-state index in [4.69, 9.17) is 9.47 Å². The lowest BCUT2D eigenvalue weighted by Gasteiger charge is -2.34. The minimum Gasteiger partial charge on any atom is -0.461 e. The maximum Gasteiger partial charge on any atom is 0.307 e. The summed E-state index contributed by atoms with van der Waals surface area (Å²) in [5, 5.41) is 15.4. The van der Waals surface area contributed by atoms with Crippen molar-refractivity contribution in [2.75, 3.05) is 0 Å². The van der Waals surface area contributed by atoms with Gasteiger partial charge < -0.3 is 19.9 Å². The highest BCUT2D eigenvalue weighted by molar-refractivity contribution is 7.18. The van der Waals surface area contributed by atoms with E-state index in [1.165, 1.54) is 0 Å². The number of carbonyl (C=O) groups is 3. The summed E-state index contributed by atoms with van der Waals surface area (Å²) in [6.07, 6.45) is 2.83. The number of nitrogens with one attached hydrogen (secondary N) is 1. The van der Waals surface area contributed by atoms with Crippen LogP contribution in [0.15, 0.2) is 30.9 Å². The Labute approximate surface area is 239 Å². The van der Waals surface area contributed by atoms with E-state index in [9.17, 15) is 19.5 Å². The second-order valence-electron chi connectivity index (χ2n) is 12.4. The first kappa shape index (κ1) is 28.9. The van der Waals surface area contributed by atoms with Crippen molar-refractivity contribution >= 4 is 39.2 Å². The van der Waals surface area contributed by atoms with Crippen LogP contribution in [-0.4, -0.2) is 51.7 Å². The Morgan fingerprint density at radius 1 is 1.25 bits per heavy atom. The molecule has 2 N–H and O–H groups in total. The molecule has 3 fully saturated rings. The van der Waals surface area contributed by atoms with Gasteiger partial charge in [-0.15, -0.1) is 17.9 Å². The van der Waals surface area contributed by atoms with Gasteiger partial charge in [-0.2, -0.15) is 0 Å². The van der Waals surface area contributed by atoms with Crippen LogP contribution in [0.4, 0.5) is 0 Å². The molecule has 1 aromatic carbocycles. The summed E-state index contributed by atoms with van der Waals surface area (Å²) in [5.41, 5.74) is 0.312. The number of nitrogens with zero attached hydrogens (tertiary/aromatic N) is 1. The van der Waals surface area contributed by atoms with Crippen molar-refractivity contribution in [1.29, 1.82) is 0 Å². The van der Waals surface area contributed by atoms with Crippen LogP contribution < -0.4 is 5.32 Å². The second kappa shape index (κ2) is 11.0. The van der Waals surface area contributed by atoms with Crippen molar-refractivity contribution < 1.29 is 29.0 Å².